The maximum atomic E-state index is 10.3. The lowest BCUT2D eigenvalue weighted by Crippen LogP contribution is -2.34. The largest absolute Gasteiger partial charge is 0.493 e. The van der Waals surface area contributed by atoms with E-state index in [0.717, 1.165) is 35.2 Å². The first-order valence-corrected chi connectivity index (χ1v) is 9.71. The van der Waals surface area contributed by atoms with Crippen LogP contribution in [-0.2, 0) is 0 Å². The van der Waals surface area contributed by atoms with Crippen molar-refractivity contribution in [3.8, 4) is 23.3 Å². The van der Waals surface area contributed by atoms with Crippen LogP contribution < -0.4 is 18.9 Å². The van der Waals surface area contributed by atoms with Gasteiger partial charge in [-0.15, -0.1) is 0 Å². The number of benzene rings is 1. The molecule has 4 rings (SSSR count). The summed E-state index contributed by atoms with van der Waals surface area (Å²) >= 11 is 0. The van der Waals surface area contributed by atoms with E-state index in [9.17, 15) is 5.11 Å². The summed E-state index contributed by atoms with van der Waals surface area (Å²) in [6, 6.07) is 7.78. The number of aromatic nitrogens is 1. The van der Waals surface area contributed by atoms with E-state index in [0.29, 0.717) is 29.7 Å². The number of hydrogen-bond acceptors (Lipinski definition) is 7. The van der Waals surface area contributed by atoms with Crippen LogP contribution in [0.1, 0.15) is 41.9 Å². The molecule has 0 radical (unpaired) electrons. The third-order valence-corrected chi connectivity index (χ3v) is 5.78. The smallest absolute Gasteiger partial charge is 0.226 e. The van der Waals surface area contributed by atoms with Crippen LogP contribution in [-0.4, -0.2) is 56.4 Å². The van der Waals surface area contributed by atoms with E-state index in [2.05, 4.69) is 4.98 Å². The van der Waals surface area contributed by atoms with Gasteiger partial charge in [0.25, 0.3) is 0 Å². The monoisotopic (exact) mass is 398 g/mol. The quantitative estimate of drug-likeness (QED) is 0.834. The highest BCUT2D eigenvalue weighted by Gasteiger charge is 2.38. The molecule has 1 fully saturated rings. The molecule has 1 aromatic heterocycles. The van der Waals surface area contributed by atoms with Gasteiger partial charge in [0.15, 0.2) is 11.5 Å². The molecule has 2 heterocycles. The Bertz CT molecular complexity index is 943. The second-order valence-electron chi connectivity index (χ2n) is 7.32. The van der Waals surface area contributed by atoms with E-state index < -0.39 is 0 Å². The lowest BCUT2D eigenvalue weighted by molar-refractivity contribution is 0.111. The second kappa shape index (κ2) is 7.91. The Morgan fingerprint density at radius 1 is 0.897 bits per heavy atom. The Morgan fingerprint density at radius 3 is 2.34 bits per heavy atom. The fraction of sp³-hybridized carbons (Fsp3) is 0.455. The zero-order chi connectivity index (χ0) is 20.5. The highest BCUT2D eigenvalue weighted by molar-refractivity contribution is 6.16. The number of fused-ring (bicyclic) bond motifs is 3. The summed E-state index contributed by atoms with van der Waals surface area (Å²) in [4.78, 5) is 9.52. The van der Waals surface area contributed by atoms with Crippen molar-refractivity contribution in [3.63, 3.8) is 0 Å². The molecule has 7 nitrogen and oxygen atoms in total. The van der Waals surface area contributed by atoms with Gasteiger partial charge in [0.1, 0.15) is 0 Å². The number of methoxy groups -OCH3 is 4. The molecule has 1 aromatic carbocycles. The molecule has 2 aromatic rings. The third-order valence-electron chi connectivity index (χ3n) is 5.78. The van der Waals surface area contributed by atoms with Crippen LogP contribution in [0, 0.1) is 0 Å². The fourth-order valence-corrected chi connectivity index (χ4v) is 4.35. The average molecular weight is 398 g/mol. The Kier molecular flexibility index (Phi) is 5.32. The molecule has 1 aliphatic carbocycles. The molecule has 3 atom stereocenters. The standard InChI is InChI=1S/C22H26N2O5/c1-26-18-10-14-15-9-12(25)5-7-17(15)23-21(16(14)11-19(18)27-2)13-6-8-20(28-3)24-22(13)29-4/h6,8,10-12,15,17,25H,5,7,9H2,1-4H3/t12-,15-,17-/m1/s1. The predicted molar refractivity (Wildman–Crippen MR) is 109 cm³/mol. The normalized spacial score (nSPS) is 22.8. The molecule has 29 heavy (non-hydrogen) atoms. The summed E-state index contributed by atoms with van der Waals surface area (Å²) in [6.45, 7) is 0. The molecular weight excluding hydrogens is 372 g/mol. The maximum absolute atomic E-state index is 10.3. The number of nitrogens with zero attached hydrogens (tertiary/aromatic N) is 2. The van der Waals surface area contributed by atoms with Crippen molar-refractivity contribution in [2.24, 2.45) is 4.99 Å². The number of aliphatic imine (C=N–C) groups is 1. The first-order chi connectivity index (χ1) is 14.1. The molecule has 7 heteroatoms. The van der Waals surface area contributed by atoms with Gasteiger partial charge in [-0.3, -0.25) is 4.99 Å². The molecule has 2 aliphatic rings. The number of rotatable bonds is 5. The van der Waals surface area contributed by atoms with E-state index in [4.69, 9.17) is 23.9 Å². The maximum Gasteiger partial charge on any atom is 0.226 e. The number of aliphatic hydroxyl groups excluding tert-OH is 1. The summed E-state index contributed by atoms with van der Waals surface area (Å²) in [6.07, 6.45) is 1.95. The van der Waals surface area contributed by atoms with Crippen LogP contribution in [0.15, 0.2) is 29.3 Å². The van der Waals surface area contributed by atoms with E-state index in [1.807, 2.05) is 18.2 Å². The van der Waals surface area contributed by atoms with Crippen LogP contribution in [0.2, 0.25) is 0 Å². The molecule has 1 saturated carbocycles. The summed E-state index contributed by atoms with van der Waals surface area (Å²) in [5.41, 5.74) is 3.66. The minimum Gasteiger partial charge on any atom is -0.493 e. The van der Waals surface area contributed by atoms with E-state index in [1.165, 1.54) is 0 Å². The lowest BCUT2D eigenvalue weighted by atomic mass is 9.74. The van der Waals surface area contributed by atoms with Gasteiger partial charge in [-0.25, -0.2) is 0 Å². The molecule has 0 spiro atoms. The van der Waals surface area contributed by atoms with E-state index >= 15 is 0 Å². The first-order valence-electron chi connectivity index (χ1n) is 9.71. The van der Waals surface area contributed by atoms with Crippen molar-refractivity contribution in [1.29, 1.82) is 0 Å². The minimum atomic E-state index is -0.314. The zero-order valence-corrected chi connectivity index (χ0v) is 17.1. The van der Waals surface area contributed by atoms with Crippen LogP contribution in [0.25, 0.3) is 0 Å². The van der Waals surface area contributed by atoms with Crippen molar-refractivity contribution < 1.29 is 24.1 Å². The number of ether oxygens (including phenoxy) is 4. The Morgan fingerprint density at radius 2 is 1.66 bits per heavy atom. The summed E-state index contributed by atoms with van der Waals surface area (Å²) in [7, 11) is 6.41. The van der Waals surface area contributed by atoms with Crippen molar-refractivity contribution in [1.82, 2.24) is 4.98 Å². The molecule has 1 N–H and O–H groups in total. The highest BCUT2D eigenvalue weighted by Crippen LogP contribution is 2.45. The van der Waals surface area contributed by atoms with Gasteiger partial charge in [0.05, 0.1) is 51.9 Å². The van der Waals surface area contributed by atoms with Gasteiger partial charge >= 0.3 is 0 Å². The third kappa shape index (κ3) is 3.40. The molecule has 0 amide bonds. The molecular formula is C22H26N2O5. The summed E-state index contributed by atoms with van der Waals surface area (Å²) in [5.74, 6) is 2.38. The van der Waals surface area contributed by atoms with E-state index in [-0.39, 0.29) is 18.1 Å². The predicted octanol–water partition coefficient (Wildman–Crippen LogP) is 2.96. The Balaban J connectivity index is 1.92. The van der Waals surface area contributed by atoms with Gasteiger partial charge in [-0.05, 0) is 43.0 Å². The number of hydrogen-bond donors (Lipinski definition) is 1. The minimum absolute atomic E-state index is 0.0887. The van der Waals surface area contributed by atoms with Crippen LogP contribution >= 0.6 is 0 Å². The van der Waals surface area contributed by atoms with Gasteiger partial charge in [-0.2, -0.15) is 4.98 Å². The fourth-order valence-electron chi connectivity index (χ4n) is 4.35. The Labute approximate surface area is 170 Å². The average Bonchev–Trinajstić information content (AvgIpc) is 2.77. The van der Waals surface area contributed by atoms with Gasteiger partial charge in [-0.1, -0.05) is 0 Å². The first kappa shape index (κ1) is 19.5. The van der Waals surface area contributed by atoms with Crippen LogP contribution in [0.3, 0.4) is 0 Å². The highest BCUT2D eigenvalue weighted by atomic mass is 16.5. The van der Waals surface area contributed by atoms with Gasteiger partial charge in [0, 0.05) is 17.5 Å². The summed E-state index contributed by atoms with van der Waals surface area (Å²) in [5, 5.41) is 10.3. The zero-order valence-electron chi connectivity index (χ0n) is 17.1. The molecule has 0 saturated heterocycles. The summed E-state index contributed by atoms with van der Waals surface area (Å²) < 4.78 is 21.9. The van der Waals surface area contributed by atoms with Crippen molar-refractivity contribution in [2.75, 3.05) is 28.4 Å². The van der Waals surface area contributed by atoms with Crippen LogP contribution in [0.5, 0.6) is 23.3 Å². The molecule has 154 valence electrons. The van der Waals surface area contributed by atoms with Gasteiger partial charge in [0.2, 0.25) is 11.8 Å². The second-order valence-corrected chi connectivity index (χ2v) is 7.32. The molecule has 0 bridgehead atoms. The number of pyridine rings is 1. The molecule has 1 aliphatic heterocycles. The Hall–Kier alpha value is -2.80. The SMILES string of the molecule is COc1ccc(C2=N[C@@H]3CC[C@@H](O)C[C@@H]3c3cc(OC)c(OC)cc32)c(OC)n1. The molecule has 0 unspecified atom stereocenters. The number of aliphatic hydroxyl groups is 1. The van der Waals surface area contributed by atoms with Crippen LogP contribution in [0.4, 0.5) is 0 Å². The van der Waals surface area contributed by atoms with Crippen molar-refractivity contribution in [3.05, 3.63) is 41.0 Å². The topological polar surface area (TPSA) is 82.4 Å². The lowest BCUT2D eigenvalue weighted by Gasteiger charge is -2.37. The van der Waals surface area contributed by atoms with Crippen molar-refractivity contribution >= 4 is 5.71 Å². The van der Waals surface area contributed by atoms with E-state index in [1.54, 1.807) is 34.5 Å². The van der Waals surface area contributed by atoms with Crippen molar-refractivity contribution in [2.45, 2.75) is 37.3 Å². The van der Waals surface area contributed by atoms with Gasteiger partial charge < -0.3 is 24.1 Å².